The van der Waals surface area contributed by atoms with Gasteiger partial charge in [-0.05, 0) is 43.2 Å². The molecule has 0 aliphatic rings. The van der Waals surface area contributed by atoms with E-state index in [4.69, 9.17) is 14.6 Å². The maximum absolute atomic E-state index is 11.1. The van der Waals surface area contributed by atoms with Crippen LogP contribution in [0.1, 0.15) is 19.3 Å². The lowest BCUT2D eigenvalue weighted by molar-refractivity contribution is -0.137. The molecule has 0 saturated carbocycles. The fraction of sp³-hybridized carbons (Fsp3) is 0.240. The number of carbonyl (C=O) groups is 1. The number of carboxylic acids is 1. The monoisotopic (exact) mass is 403 g/mol. The van der Waals surface area contributed by atoms with Crippen molar-refractivity contribution < 1.29 is 19.4 Å². The highest BCUT2D eigenvalue weighted by atomic mass is 16.5. The minimum atomic E-state index is -0.800. The van der Waals surface area contributed by atoms with Crippen LogP contribution in [0.4, 0.5) is 0 Å². The minimum absolute atomic E-state index is 0.0836. The molecule has 5 nitrogen and oxygen atoms in total. The molecule has 154 valence electrons. The zero-order chi connectivity index (χ0) is 20.8. The molecule has 0 saturated heterocycles. The van der Waals surface area contributed by atoms with Crippen molar-refractivity contribution in [3.63, 3.8) is 0 Å². The molecule has 0 amide bonds. The first-order valence-electron chi connectivity index (χ1n) is 10.3. The summed E-state index contributed by atoms with van der Waals surface area (Å²) in [6.07, 6.45) is 1.89. The number of benzene rings is 3. The Morgan fingerprint density at radius 3 is 2.20 bits per heavy atom. The third kappa shape index (κ3) is 4.57. The number of aliphatic carboxylic acids is 1. The quantitative estimate of drug-likeness (QED) is 0.355. The van der Waals surface area contributed by atoms with Crippen LogP contribution >= 0.6 is 0 Å². The van der Waals surface area contributed by atoms with Gasteiger partial charge in [0.05, 0.1) is 25.2 Å². The van der Waals surface area contributed by atoms with Crippen LogP contribution in [0.25, 0.3) is 21.8 Å². The third-order valence-corrected chi connectivity index (χ3v) is 5.11. The summed E-state index contributed by atoms with van der Waals surface area (Å²) in [4.78, 5) is 11.1. The van der Waals surface area contributed by atoms with Gasteiger partial charge in [-0.1, -0.05) is 36.4 Å². The molecule has 3 aromatic carbocycles. The van der Waals surface area contributed by atoms with Crippen LogP contribution in [-0.2, 0) is 11.3 Å². The maximum Gasteiger partial charge on any atom is 0.305 e. The van der Waals surface area contributed by atoms with Gasteiger partial charge in [0.2, 0.25) is 0 Å². The summed E-state index contributed by atoms with van der Waals surface area (Å²) in [6.45, 7) is 1.70. The molecule has 30 heavy (non-hydrogen) atoms. The van der Waals surface area contributed by atoms with Crippen LogP contribution < -0.4 is 9.47 Å². The van der Waals surface area contributed by atoms with Crippen LogP contribution in [0.2, 0.25) is 0 Å². The summed E-state index contributed by atoms with van der Waals surface area (Å²) in [7, 11) is 0. The summed E-state index contributed by atoms with van der Waals surface area (Å²) in [5, 5.41) is 11.4. The first-order chi connectivity index (χ1) is 14.7. The second-order valence-corrected chi connectivity index (χ2v) is 7.21. The number of ether oxygens (including phenoxy) is 2. The Morgan fingerprint density at radius 2 is 1.43 bits per heavy atom. The summed E-state index contributed by atoms with van der Waals surface area (Å²) in [5.74, 6) is 0.884. The smallest absolute Gasteiger partial charge is 0.305 e. The summed E-state index contributed by atoms with van der Waals surface area (Å²) >= 11 is 0. The third-order valence-electron chi connectivity index (χ3n) is 5.11. The second kappa shape index (κ2) is 9.35. The van der Waals surface area contributed by atoms with Crippen LogP contribution in [0.3, 0.4) is 0 Å². The van der Waals surface area contributed by atoms with Gasteiger partial charge in [0.1, 0.15) is 11.5 Å². The number of hydrogen-bond donors (Lipinski definition) is 1. The van der Waals surface area contributed by atoms with Crippen molar-refractivity contribution in [2.24, 2.45) is 0 Å². The predicted molar refractivity (Wildman–Crippen MR) is 118 cm³/mol. The molecule has 0 atom stereocenters. The van der Waals surface area contributed by atoms with Crippen molar-refractivity contribution in [3.05, 3.63) is 72.8 Å². The minimum Gasteiger partial charge on any atom is -0.494 e. The number of para-hydroxylation sites is 2. The molecular weight excluding hydrogens is 378 g/mol. The molecule has 0 radical (unpaired) electrons. The van der Waals surface area contributed by atoms with Crippen molar-refractivity contribution in [1.82, 2.24) is 4.57 Å². The maximum atomic E-state index is 11.1. The SMILES string of the molecule is O=C(O)CCn1c2ccccc2c2ccc(OCCCCOc3ccccc3)cc21. The molecule has 0 fully saturated rings. The number of hydrogen-bond acceptors (Lipinski definition) is 3. The molecule has 0 bridgehead atoms. The molecule has 0 spiro atoms. The van der Waals surface area contributed by atoms with Crippen LogP contribution in [0, 0.1) is 0 Å². The largest absolute Gasteiger partial charge is 0.494 e. The van der Waals surface area contributed by atoms with E-state index in [9.17, 15) is 4.79 Å². The van der Waals surface area contributed by atoms with Crippen LogP contribution in [0.5, 0.6) is 11.5 Å². The molecule has 4 aromatic rings. The van der Waals surface area contributed by atoms with E-state index in [2.05, 4.69) is 16.7 Å². The van der Waals surface area contributed by atoms with Gasteiger partial charge < -0.3 is 19.1 Å². The van der Waals surface area contributed by atoms with Gasteiger partial charge in [0, 0.05) is 28.9 Å². The number of carboxylic acid groups (broad SMARTS) is 1. The van der Waals surface area contributed by atoms with Crippen molar-refractivity contribution in [1.29, 1.82) is 0 Å². The fourth-order valence-electron chi connectivity index (χ4n) is 3.67. The van der Waals surface area contributed by atoms with E-state index in [1.165, 1.54) is 0 Å². The average Bonchev–Trinajstić information content (AvgIpc) is 3.08. The number of aryl methyl sites for hydroxylation is 1. The predicted octanol–water partition coefficient (Wildman–Crippen LogP) is 5.51. The molecular formula is C25H25NO4. The number of nitrogens with zero attached hydrogens (tertiary/aromatic N) is 1. The standard InChI is InChI=1S/C25H25NO4/c27-25(28)14-15-26-23-11-5-4-10-21(23)22-13-12-20(18-24(22)26)30-17-7-6-16-29-19-8-2-1-3-9-19/h1-5,8-13,18H,6-7,14-17H2,(H,27,28). The van der Waals surface area contributed by atoms with Gasteiger partial charge in [0.25, 0.3) is 0 Å². The first kappa shape index (κ1) is 19.8. The molecule has 5 heteroatoms. The van der Waals surface area contributed by atoms with Gasteiger partial charge in [-0.25, -0.2) is 0 Å². The van der Waals surface area contributed by atoms with Crippen LogP contribution in [0.15, 0.2) is 72.8 Å². The Labute approximate surface area is 175 Å². The highest BCUT2D eigenvalue weighted by Gasteiger charge is 2.12. The molecule has 0 unspecified atom stereocenters. The Bertz CT molecular complexity index is 1130. The van der Waals surface area contributed by atoms with Gasteiger partial charge in [0.15, 0.2) is 0 Å². The Balaban J connectivity index is 1.40. The zero-order valence-electron chi connectivity index (χ0n) is 16.8. The first-order valence-corrected chi connectivity index (χ1v) is 10.3. The van der Waals surface area contributed by atoms with Gasteiger partial charge in [-0.15, -0.1) is 0 Å². The second-order valence-electron chi connectivity index (χ2n) is 7.21. The van der Waals surface area contributed by atoms with E-state index in [1.54, 1.807) is 0 Å². The zero-order valence-corrected chi connectivity index (χ0v) is 16.8. The van der Waals surface area contributed by atoms with Crippen molar-refractivity contribution in [3.8, 4) is 11.5 Å². The normalized spacial score (nSPS) is 11.1. The molecule has 1 heterocycles. The van der Waals surface area contributed by atoms with E-state index in [-0.39, 0.29) is 6.42 Å². The summed E-state index contributed by atoms with van der Waals surface area (Å²) in [5.41, 5.74) is 2.05. The number of rotatable bonds is 10. The number of fused-ring (bicyclic) bond motifs is 3. The number of unbranched alkanes of at least 4 members (excludes halogenated alkanes) is 1. The summed E-state index contributed by atoms with van der Waals surface area (Å²) < 4.78 is 13.7. The van der Waals surface area contributed by atoms with E-state index in [0.717, 1.165) is 46.1 Å². The molecule has 1 aromatic heterocycles. The lowest BCUT2D eigenvalue weighted by Crippen LogP contribution is -2.05. The number of aromatic nitrogens is 1. The Morgan fingerprint density at radius 1 is 0.767 bits per heavy atom. The summed E-state index contributed by atoms with van der Waals surface area (Å²) in [6, 6.07) is 23.9. The molecule has 1 N–H and O–H groups in total. The van der Waals surface area contributed by atoms with Crippen LogP contribution in [-0.4, -0.2) is 28.9 Å². The fourth-order valence-corrected chi connectivity index (χ4v) is 3.67. The molecule has 0 aliphatic heterocycles. The Kier molecular flexibility index (Phi) is 6.18. The van der Waals surface area contributed by atoms with Crippen molar-refractivity contribution >= 4 is 27.8 Å². The van der Waals surface area contributed by atoms with E-state index < -0.39 is 5.97 Å². The molecule has 4 rings (SSSR count). The van der Waals surface area contributed by atoms with Crippen molar-refractivity contribution in [2.45, 2.75) is 25.8 Å². The van der Waals surface area contributed by atoms with E-state index >= 15 is 0 Å². The highest BCUT2D eigenvalue weighted by molar-refractivity contribution is 6.08. The lowest BCUT2D eigenvalue weighted by Gasteiger charge is -2.09. The highest BCUT2D eigenvalue weighted by Crippen LogP contribution is 2.31. The topological polar surface area (TPSA) is 60.7 Å². The van der Waals surface area contributed by atoms with Gasteiger partial charge in [-0.2, -0.15) is 0 Å². The van der Waals surface area contributed by atoms with E-state index in [1.807, 2.05) is 60.7 Å². The van der Waals surface area contributed by atoms with Gasteiger partial charge in [-0.3, -0.25) is 4.79 Å². The lowest BCUT2D eigenvalue weighted by atomic mass is 10.1. The van der Waals surface area contributed by atoms with E-state index in [0.29, 0.717) is 19.8 Å². The molecule has 0 aliphatic carbocycles. The van der Waals surface area contributed by atoms with Gasteiger partial charge >= 0.3 is 5.97 Å². The Hall–Kier alpha value is -3.47. The average molecular weight is 403 g/mol. The van der Waals surface area contributed by atoms with Crippen molar-refractivity contribution in [2.75, 3.05) is 13.2 Å².